The van der Waals surface area contributed by atoms with Crippen LogP contribution in [0.4, 0.5) is 0 Å². The van der Waals surface area contributed by atoms with Crippen molar-refractivity contribution in [1.29, 1.82) is 0 Å². The highest BCUT2D eigenvalue weighted by Gasteiger charge is 2.33. The Balaban J connectivity index is 2.90. The first-order valence-electron chi connectivity index (χ1n) is 9.39. The highest BCUT2D eigenvalue weighted by Crippen LogP contribution is 2.38. The van der Waals surface area contributed by atoms with Gasteiger partial charge in [0.2, 0.25) is 16.6 Å². The van der Waals surface area contributed by atoms with Gasteiger partial charge in [-0.1, -0.05) is 45.1 Å². The second-order valence-electron chi connectivity index (χ2n) is 8.27. The zero-order valence-corrected chi connectivity index (χ0v) is 18.8. The molecule has 0 fully saturated rings. The molecule has 0 aromatic carbocycles. The molecule has 1 aliphatic carbocycles. The molecule has 0 unspecified atom stereocenters. The van der Waals surface area contributed by atoms with E-state index in [4.69, 9.17) is 8.85 Å². The van der Waals surface area contributed by atoms with Crippen molar-refractivity contribution in [1.82, 2.24) is 0 Å². The number of allylic oxidation sites excluding steroid dienone is 2. The Kier molecular flexibility index (Phi) is 7.65. The van der Waals surface area contributed by atoms with E-state index in [0.29, 0.717) is 0 Å². The molecular weight excluding hydrogens is 316 g/mol. The molecule has 23 heavy (non-hydrogen) atoms. The van der Waals surface area contributed by atoms with Gasteiger partial charge < -0.3 is 8.85 Å². The van der Waals surface area contributed by atoms with Gasteiger partial charge in [0.15, 0.2) is 0 Å². The molecule has 1 aliphatic rings. The molecule has 134 valence electrons. The normalized spacial score (nSPS) is 16.3. The molecule has 4 heteroatoms. The predicted octanol–water partition coefficient (Wildman–Crippen LogP) is 6.98. The van der Waals surface area contributed by atoms with Gasteiger partial charge in [-0.15, -0.1) is 0 Å². The molecule has 0 heterocycles. The Bertz CT molecular complexity index is 462. The first-order valence-corrected chi connectivity index (χ1v) is 15.6. The summed E-state index contributed by atoms with van der Waals surface area (Å²) < 4.78 is 13.2. The number of hydrogen-bond acceptors (Lipinski definition) is 2. The van der Waals surface area contributed by atoms with Crippen LogP contribution in [0, 0.1) is 0 Å². The van der Waals surface area contributed by atoms with Gasteiger partial charge in [-0.25, -0.2) is 0 Å². The first-order chi connectivity index (χ1) is 10.6. The summed E-state index contributed by atoms with van der Waals surface area (Å²) in [5.41, 5.74) is 2.73. The van der Waals surface area contributed by atoms with Crippen LogP contribution in [0.3, 0.4) is 0 Å². The van der Waals surface area contributed by atoms with E-state index in [9.17, 15) is 0 Å². The SMILES string of the molecule is CCCC[Si](C)(C)OC1=C(O[Si](C)(C)CCCC)C(C)=C(C)C1. The van der Waals surface area contributed by atoms with E-state index < -0.39 is 16.6 Å². The summed E-state index contributed by atoms with van der Waals surface area (Å²) >= 11 is 0. The molecule has 0 spiro atoms. The fraction of sp³-hybridized carbons (Fsp3) is 0.789. The van der Waals surface area contributed by atoms with E-state index in [1.165, 1.54) is 48.9 Å². The van der Waals surface area contributed by atoms with Crippen LogP contribution >= 0.6 is 0 Å². The van der Waals surface area contributed by atoms with Crippen LogP contribution < -0.4 is 0 Å². The van der Waals surface area contributed by atoms with Gasteiger partial charge in [-0.3, -0.25) is 0 Å². The van der Waals surface area contributed by atoms with Crippen LogP contribution in [-0.2, 0) is 8.85 Å². The highest BCUT2D eigenvalue weighted by atomic mass is 28.4. The third-order valence-electron chi connectivity index (χ3n) is 4.70. The molecule has 0 N–H and O–H groups in total. The Hall–Kier alpha value is -0.486. The molecule has 0 saturated carbocycles. The summed E-state index contributed by atoms with van der Waals surface area (Å²) in [6.45, 7) is 18.3. The van der Waals surface area contributed by atoms with Gasteiger partial charge >= 0.3 is 0 Å². The number of rotatable bonds is 10. The maximum Gasteiger partial charge on any atom is 0.245 e. The molecule has 1 rings (SSSR count). The van der Waals surface area contributed by atoms with Crippen LogP contribution in [0.1, 0.15) is 59.8 Å². The third-order valence-corrected chi connectivity index (χ3v) is 9.37. The van der Waals surface area contributed by atoms with Crippen LogP contribution in [0.2, 0.25) is 38.3 Å². The van der Waals surface area contributed by atoms with Crippen molar-refractivity contribution in [2.24, 2.45) is 0 Å². The second kappa shape index (κ2) is 8.56. The maximum absolute atomic E-state index is 6.60. The van der Waals surface area contributed by atoms with Gasteiger partial charge in [0.25, 0.3) is 0 Å². The summed E-state index contributed by atoms with van der Waals surface area (Å²) in [5, 5.41) is 0. The van der Waals surface area contributed by atoms with Crippen molar-refractivity contribution in [3.05, 3.63) is 22.7 Å². The van der Waals surface area contributed by atoms with Gasteiger partial charge in [-0.2, -0.15) is 0 Å². The monoisotopic (exact) mass is 354 g/mol. The van der Waals surface area contributed by atoms with E-state index in [1.807, 2.05) is 0 Å². The maximum atomic E-state index is 6.60. The lowest BCUT2D eigenvalue weighted by molar-refractivity contribution is 0.342. The van der Waals surface area contributed by atoms with Gasteiger partial charge in [0, 0.05) is 6.42 Å². The lowest BCUT2D eigenvalue weighted by Crippen LogP contribution is -2.32. The van der Waals surface area contributed by atoms with Gasteiger partial charge in [-0.05, 0) is 57.7 Å². The Morgan fingerprint density at radius 2 is 1.30 bits per heavy atom. The molecule has 0 bridgehead atoms. The highest BCUT2D eigenvalue weighted by molar-refractivity contribution is 6.72. The van der Waals surface area contributed by atoms with Crippen molar-refractivity contribution in [2.45, 2.75) is 98.1 Å². The summed E-state index contributed by atoms with van der Waals surface area (Å²) in [7, 11) is -3.30. The molecule has 0 aliphatic heterocycles. The summed E-state index contributed by atoms with van der Waals surface area (Å²) in [4.78, 5) is 0. The smallest absolute Gasteiger partial charge is 0.245 e. The average Bonchev–Trinajstić information content (AvgIpc) is 2.70. The number of unbranched alkanes of at least 4 members (excludes halogenated alkanes) is 2. The van der Waals surface area contributed by atoms with Crippen molar-refractivity contribution in [2.75, 3.05) is 0 Å². The standard InChI is InChI=1S/C19H38O2Si2/c1-9-11-13-22(5,6)20-18-15-16(3)17(4)19(18)21-23(7,8)14-12-10-2/h9-15H2,1-8H3. The molecule has 2 nitrogen and oxygen atoms in total. The third kappa shape index (κ3) is 6.50. The Labute approximate surface area is 146 Å². The van der Waals surface area contributed by atoms with Crippen LogP contribution in [0.25, 0.3) is 0 Å². The molecule has 0 atom stereocenters. The summed E-state index contributed by atoms with van der Waals surface area (Å²) in [5.74, 6) is 2.22. The fourth-order valence-electron chi connectivity index (χ4n) is 2.99. The summed E-state index contributed by atoms with van der Waals surface area (Å²) in [6.07, 6.45) is 5.97. The minimum atomic E-state index is -1.66. The fourth-order valence-corrected chi connectivity index (χ4v) is 7.25. The van der Waals surface area contributed by atoms with Gasteiger partial charge in [0.05, 0.1) is 0 Å². The van der Waals surface area contributed by atoms with Crippen molar-refractivity contribution < 1.29 is 8.85 Å². The predicted molar refractivity (Wildman–Crippen MR) is 107 cm³/mol. The minimum absolute atomic E-state index is 0.946. The zero-order chi connectivity index (χ0) is 17.7. The Morgan fingerprint density at radius 1 is 0.826 bits per heavy atom. The van der Waals surface area contributed by atoms with Crippen molar-refractivity contribution in [3.8, 4) is 0 Å². The van der Waals surface area contributed by atoms with E-state index in [-0.39, 0.29) is 0 Å². The van der Waals surface area contributed by atoms with E-state index in [2.05, 4.69) is 53.9 Å². The van der Waals surface area contributed by atoms with E-state index in [1.54, 1.807) is 0 Å². The molecule has 0 aromatic heterocycles. The molecule has 0 amide bonds. The average molecular weight is 355 g/mol. The summed E-state index contributed by atoms with van der Waals surface area (Å²) in [6, 6.07) is 2.46. The quantitative estimate of drug-likeness (QED) is 0.394. The van der Waals surface area contributed by atoms with E-state index >= 15 is 0 Å². The lowest BCUT2D eigenvalue weighted by atomic mass is 10.2. The van der Waals surface area contributed by atoms with E-state index in [0.717, 1.165) is 17.9 Å². The van der Waals surface area contributed by atoms with Crippen LogP contribution in [0.5, 0.6) is 0 Å². The Morgan fingerprint density at radius 3 is 1.78 bits per heavy atom. The molecule has 0 aromatic rings. The lowest BCUT2D eigenvalue weighted by Gasteiger charge is -2.29. The zero-order valence-electron chi connectivity index (χ0n) is 16.8. The topological polar surface area (TPSA) is 18.5 Å². The molecule has 0 radical (unpaired) electrons. The number of hydrogen-bond donors (Lipinski definition) is 0. The minimum Gasteiger partial charge on any atom is -0.544 e. The largest absolute Gasteiger partial charge is 0.544 e. The molecular formula is C19H38O2Si2. The van der Waals surface area contributed by atoms with Gasteiger partial charge in [0.1, 0.15) is 11.5 Å². The first kappa shape index (κ1) is 20.6. The van der Waals surface area contributed by atoms with Crippen LogP contribution in [-0.4, -0.2) is 16.6 Å². The van der Waals surface area contributed by atoms with Crippen molar-refractivity contribution in [3.63, 3.8) is 0 Å². The van der Waals surface area contributed by atoms with Crippen LogP contribution in [0.15, 0.2) is 22.7 Å². The van der Waals surface area contributed by atoms with Crippen molar-refractivity contribution >= 4 is 16.6 Å². The molecule has 0 saturated heterocycles. The second-order valence-corrected chi connectivity index (χ2v) is 16.7.